The van der Waals surface area contributed by atoms with Crippen LogP contribution in [0.1, 0.15) is 20.8 Å². The molecule has 0 saturated heterocycles. The number of hydrogen-bond acceptors (Lipinski definition) is 5. The van der Waals surface area contributed by atoms with Gasteiger partial charge in [0, 0.05) is 12.8 Å². The Balaban J connectivity index is 2.15. The number of thiazole rings is 1. The number of benzene rings is 1. The minimum atomic E-state index is -3.25. The van der Waals surface area contributed by atoms with Gasteiger partial charge in [-0.15, -0.1) is 0 Å². The Labute approximate surface area is 133 Å². The van der Waals surface area contributed by atoms with Crippen LogP contribution in [-0.2, 0) is 9.84 Å². The number of anilines is 1. The normalized spacial score (nSPS) is 12.4. The quantitative estimate of drug-likeness (QED) is 0.898. The summed E-state index contributed by atoms with van der Waals surface area (Å²) in [7, 11) is -3.25. The minimum Gasteiger partial charge on any atom is -0.337 e. The van der Waals surface area contributed by atoms with Gasteiger partial charge in [-0.2, -0.15) is 0 Å². The lowest BCUT2D eigenvalue weighted by molar-refractivity contribution is 0.247. The number of aromatic nitrogens is 1. The van der Waals surface area contributed by atoms with Gasteiger partial charge in [-0.05, 0) is 23.6 Å². The van der Waals surface area contributed by atoms with Crippen molar-refractivity contribution in [3.8, 4) is 0 Å². The number of fused-ring (bicyclic) bond motifs is 1. The van der Waals surface area contributed by atoms with Gasteiger partial charge in [-0.1, -0.05) is 32.1 Å². The van der Waals surface area contributed by atoms with Crippen LogP contribution in [-0.4, -0.2) is 32.2 Å². The zero-order valence-corrected chi connectivity index (χ0v) is 14.6. The fourth-order valence-electron chi connectivity index (χ4n) is 1.68. The molecule has 120 valence electrons. The smallest absolute Gasteiger partial charge is 0.321 e. The zero-order chi connectivity index (χ0) is 16.5. The third kappa shape index (κ3) is 4.41. The number of carbonyl (C=O) groups excluding carboxylic acids is 1. The molecule has 0 fully saturated rings. The van der Waals surface area contributed by atoms with E-state index in [4.69, 9.17) is 0 Å². The lowest BCUT2D eigenvalue weighted by Crippen LogP contribution is -2.35. The van der Waals surface area contributed by atoms with E-state index < -0.39 is 9.84 Å². The number of carbonyl (C=O) groups is 1. The van der Waals surface area contributed by atoms with Crippen molar-refractivity contribution in [1.82, 2.24) is 10.3 Å². The summed E-state index contributed by atoms with van der Waals surface area (Å²) in [4.78, 5) is 16.3. The molecule has 0 atom stereocenters. The third-order valence-corrected chi connectivity index (χ3v) is 4.83. The van der Waals surface area contributed by atoms with Gasteiger partial charge in [0.15, 0.2) is 15.0 Å². The van der Waals surface area contributed by atoms with E-state index in [1.54, 1.807) is 12.1 Å². The van der Waals surface area contributed by atoms with Crippen molar-refractivity contribution in [1.29, 1.82) is 0 Å². The highest BCUT2D eigenvalue weighted by molar-refractivity contribution is 7.90. The van der Waals surface area contributed by atoms with Crippen molar-refractivity contribution < 1.29 is 13.2 Å². The molecule has 1 heterocycles. The van der Waals surface area contributed by atoms with Crippen LogP contribution in [0.5, 0.6) is 0 Å². The van der Waals surface area contributed by atoms with Gasteiger partial charge in [-0.3, -0.25) is 5.32 Å². The van der Waals surface area contributed by atoms with Crippen molar-refractivity contribution in [2.75, 3.05) is 18.1 Å². The van der Waals surface area contributed by atoms with Crippen molar-refractivity contribution in [3.05, 3.63) is 18.2 Å². The highest BCUT2D eigenvalue weighted by atomic mass is 32.2. The van der Waals surface area contributed by atoms with Crippen molar-refractivity contribution in [2.45, 2.75) is 25.7 Å². The van der Waals surface area contributed by atoms with Crippen LogP contribution in [0.2, 0.25) is 0 Å². The number of hydrogen-bond donors (Lipinski definition) is 2. The molecule has 1 aromatic carbocycles. The summed E-state index contributed by atoms with van der Waals surface area (Å²) in [6.07, 6.45) is 1.16. The second-order valence-electron chi connectivity index (χ2n) is 6.29. The number of urea groups is 1. The molecular formula is C14H19N3O3S2. The zero-order valence-electron chi connectivity index (χ0n) is 12.9. The topological polar surface area (TPSA) is 88.2 Å². The van der Waals surface area contributed by atoms with Crippen LogP contribution >= 0.6 is 11.3 Å². The molecular weight excluding hydrogens is 322 g/mol. The lowest BCUT2D eigenvalue weighted by atomic mass is 9.97. The first-order chi connectivity index (χ1) is 10.0. The van der Waals surface area contributed by atoms with E-state index >= 15 is 0 Å². The van der Waals surface area contributed by atoms with E-state index in [1.807, 2.05) is 20.8 Å². The van der Waals surface area contributed by atoms with E-state index in [9.17, 15) is 13.2 Å². The maximum absolute atomic E-state index is 11.8. The van der Waals surface area contributed by atoms with E-state index in [2.05, 4.69) is 15.6 Å². The van der Waals surface area contributed by atoms with Gasteiger partial charge >= 0.3 is 6.03 Å². The second-order valence-corrected chi connectivity index (χ2v) is 9.34. The Morgan fingerprint density at radius 1 is 1.32 bits per heavy atom. The van der Waals surface area contributed by atoms with Gasteiger partial charge in [0.2, 0.25) is 0 Å². The van der Waals surface area contributed by atoms with Crippen molar-refractivity contribution >= 4 is 42.6 Å². The second kappa shape index (κ2) is 5.85. The molecule has 2 N–H and O–H groups in total. The first-order valence-corrected chi connectivity index (χ1v) is 9.41. The number of amides is 2. The molecule has 2 rings (SSSR count). The monoisotopic (exact) mass is 341 g/mol. The first-order valence-electron chi connectivity index (χ1n) is 6.70. The molecule has 0 aliphatic carbocycles. The lowest BCUT2D eigenvalue weighted by Gasteiger charge is -2.18. The van der Waals surface area contributed by atoms with Crippen LogP contribution < -0.4 is 10.6 Å². The minimum absolute atomic E-state index is 0.00464. The summed E-state index contributed by atoms with van der Waals surface area (Å²) in [5.74, 6) is 0. The first kappa shape index (κ1) is 16.7. The molecule has 22 heavy (non-hydrogen) atoms. The van der Waals surface area contributed by atoms with Crippen LogP contribution in [0.3, 0.4) is 0 Å². The van der Waals surface area contributed by atoms with Crippen molar-refractivity contribution in [3.63, 3.8) is 0 Å². The highest BCUT2D eigenvalue weighted by Gasteiger charge is 2.14. The Morgan fingerprint density at radius 2 is 2.00 bits per heavy atom. The largest absolute Gasteiger partial charge is 0.337 e. The van der Waals surface area contributed by atoms with Gasteiger partial charge in [0.05, 0.1) is 15.1 Å². The molecule has 6 nitrogen and oxygen atoms in total. The number of rotatable bonds is 3. The van der Waals surface area contributed by atoms with Crippen molar-refractivity contribution in [2.24, 2.45) is 5.41 Å². The Bertz CT molecular complexity index is 804. The predicted octanol–water partition coefficient (Wildman–Crippen LogP) is 2.87. The predicted molar refractivity (Wildman–Crippen MR) is 89.2 cm³/mol. The van der Waals surface area contributed by atoms with Gasteiger partial charge < -0.3 is 5.32 Å². The molecule has 0 bridgehead atoms. The Kier molecular flexibility index (Phi) is 4.44. The summed E-state index contributed by atoms with van der Waals surface area (Å²) >= 11 is 1.24. The molecule has 0 radical (unpaired) electrons. The number of sulfone groups is 1. The molecule has 0 aliphatic rings. The van der Waals surface area contributed by atoms with Crippen LogP contribution in [0, 0.1) is 5.41 Å². The average molecular weight is 341 g/mol. The summed E-state index contributed by atoms with van der Waals surface area (Å²) < 4.78 is 23.8. The highest BCUT2D eigenvalue weighted by Crippen LogP contribution is 2.28. The molecule has 0 saturated carbocycles. The molecule has 1 aromatic heterocycles. The molecule has 0 unspecified atom stereocenters. The number of nitrogens with one attached hydrogen (secondary N) is 2. The van der Waals surface area contributed by atoms with Crippen LogP contribution in [0.4, 0.5) is 9.93 Å². The fourth-order valence-corrected chi connectivity index (χ4v) is 3.30. The average Bonchev–Trinajstić information content (AvgIpc) is 2.75. The van der Waals surface area contributed by atoms with E-state index in [1.165, 1.54) is 17.4 Å². The third-order valence-electron chi connectivity index (χ3n) is 2.79. The van der Waals surface area contributed by atoms with Gasteiger partial charge in [-0.25, -0.2) is 18.2 Å². The van der Waals surface area contributed by atoms with Crippen LogP contribution in [0.25, 0.3) is 10.2 Å². The Morgan fingerprint density at radius 3 is 2.59 bits per heavy atom. The molecule has 0 spiro atoms. The van der Waals surface area contributed by atoms with E-state index in [0.29, 0.717) is 21.9 Å². The molecule has 0 aliphatic heterocycles. The number of nitrogens with zero attached hydrogens (tertiary/aromatic N) is 1. The molecule has 2 aromatic rings. The van der Waals surface area contributed by atoms with E-state index in [-0.39, 0.29) is 16.3 Å². The molecule has 8 heteroatoms. The molecule has 2 amide bonds. The fraction of sp³-hybridized carbons (Fsp3) is 0.429. The van der Waals surface area contributed by atoms with Gasteiger partial charge in [0.1, 0.15) is 0 Å². The SMILES string of the molecule is CC(C)(C)CNC(=O)Nc1nc2ccc(S(C)(=O)=O)cc2s1. The maximum atomic E-state index is 11.8. The summed E-state index contributed by atoms with van der Waals surface area (Å²) in [6.45, 7) is 6.62. The summed E-state index contributed by atoms with van der Waals surface area (Å²) in [5.41, 5.74) is 0.651. The standard InChI is InChI=1S/C14H19N3O3S2/c1-14(2,3)8-15-12(18)17-13-16-10-6-5-9(22(4,19)20)7-11(10)21-13/h5-7H,8H2,1-4H3,(H2,15,16,17,18). The van der Waals surface area contributed by atoms with Crippen LogP contribution in [0.15, 0.2) is 23.1 Å². The summed E-state index contributed by atoms with van der Waals surface area (Å²) in [5, 5.41) is 5.88. The van der Waals surface area contributed by atoms with Gasteiger partial charge in [0.25, 0.3) is 0 Å². The summed E-state index contributed by atoms with van der Waals surface area (Å²) in [6, 6.07) is 4.40. The van der Waals surface area contributed by atoms with E-state index in [0.717, 1.165) is 6.26 Å². The Hall–Kier alpha value is -1.67. The maximum Gasteiger partial charge on any atom is 0.321 e.